The van der Waals surface area contributed by atoms with Gasteiger partial charge in [-0.25, -0.2) is 4.79 Å². The number of hydrogen-bond donors (Lipinski definition) is 2. The molecule has 0 aliphatic carbocycles. The molecule has 0 amide bonds. The molecule has 0 aliphatic rings. The Morgan fingerprint density at radius 1 is 1.10 bits per heavy atom. The van der Waals surface area contributed by atoms with E-state index in [2.05, 4.69) is 9.97 Å². The number of aromatic nitrogens is 2. The average Bonchev–Trinajstić information content (AvgIpc) is 2.48. The van der Waals surface area contributed by atoms with E-state index in [0.717, 1.165) is 11.1 Å². The second kappa shape index (κ2) is 4.62. The van der Waals surface area contributed by atoms with Crippen molar-refractivity contribution in [2.24, 2.45) is 0 Å². The van der Waals surface area contributed by atoms with Crippen LogP contribution in [-0.4, -0.2) is 21.0 Å². The third-order valence-corrected chi connectivity index (χ3v) is 3.12. The van der Waals surface area contributed by atoms with E-state index in [4.69, 9.17) is 5.11 Å². The predicted octanol–water partition coefficient (Wildman–Crippen LogP) is 2.29. The van der Waals surface area contributed by atoms with E-state index in [0.29, 0.717) is 10.9 Å². The molecular formula is C15H10N2O3. The van der Waals surface area contributed by atoms with Crippen molar-refractivity contribution in [2.75, 3.05) is 0 Å². The first-order valence-electron chi connectivity index (χ1n) is 5.96. The Morgan fingerprint density at radius 3 is 2.55 bits per heavy atom. The molecule has 3 rings (SSSR count). The minimum absolute atomic E-state index is 0.255. The fraction of sp³-hybridized carbons (Fsp3) is 0. The lowest BCUT2D eigenvalue weighted by atomic mass is 10.0. The van der Waals surface area contributed by atoms with Gasteiger partial charge in [-0.2, -0.15) is 0 Å². The molecule has 2 aromatic heterocycles. The molecule has 98 valence electrons. The molecule has 3 aromatic rings. The van der Waals surface area contributed by atoms with Crippen LogP contribution in [0.15, 0.2) is 53.7 Å². The van der Waals surface area contributed by atoms with Crippen molar-refractivity contribution in [1.29, 1.82) is 0 Å². The van der Waals surface area contributed by atoms with Gasteiger partial charge in [0.15, 0.2) is 0 Å². The van der Waals surface area contributed by atoms with Crippen molar-refractivity contribution < 1.29 is 9.90 Å². The van der Waals surface area contributed by atoms with Gasteiger partial charge in [-0.3, -0.25) is 9.78 Å². The maximum atomic E-state index is 12.0. The molecular weight excluding hydrogens is 256 g/mol. The monoisotopic (exact) mass is 266 g/mol. The molecule has 0 aliphatic heterocycles. The average molecular weight is 266 g/mol. The largest absolute Gasteiger partial charge is 0.477 e. The first-order chi connectivity index (χ1) is 9.66. The van der Waals surface area contributed by atoms with Gasteiger partial charge in [0.25, 0.3) is 0 Å². The maximum Gasteiger partial charge on any atom is 0.341 e. The maximum absolute atomic E-state index is 12.0. The molecule has 0 saturated carbocycles. The number of benzene rings is 1. The van der Waals surface area contributed by atoms with Gasteiger partial charge in [0, 0.05) is 29.5 Å². The van der Waals surface area contributed by atoms with Crippen LogP contribution in [0.3, 0.4) is 0 Å². The van der Waals surface area contributed by atoms with E-state index < -0.39 is 11.4 Å². The summed E-state index contributed by atoms with van der Waals surface area (Å²) in [7, 11) is 0. The van der Waals surface area contributed by atoms with E-state index in [1.807, 2.05) is 18.2 Å². The van der Waals surface area contributed by atoms with E-state index in [-0.39, 0.29) is 5.56 Å². The molecule has 5 heteroatoms. The van der Waals surface area contributed by atoms with Crippen molar-refractivity contribution >= 4 is 16.9 Å². The van der Waals surface area contributed by atoms with E-state index in [1.54, 1.807) is 24.5 Å². The SMILES string of the molecule is O=C(O)c1c[nH]c2cc(-c3ccncc3)ccc2c1=O. The lowest BCUT2D eigenvalue weighted by Crippen LogP contribution is -2.15. The first kappa shape index (κ1) is 12.1. The fourth-order valence-electron chi connectivity index (χ4n) is 2.11. The van der Waals surface area contributed by atoms with Gasteiger partial charge in [0.05, 0.1) is 0 Å². The van der Waals surface area contributed by atoms with Crippen molar-refractivity contribution in [3.63, 3.8) is 0 Å². The highest BCUT2D eigenvalue weighted by Gasteiger charge is 2.11. The lowest BCUT2D eigenvalue weighted by Gasteiger charge is -2.04. The van der Waals surface area contributed by atoms with Gasteiger partial charge in [0.1, 0.15) is 5.56 Å². The number of rotatable bonds is 2. The van der Waals surface area contributed by atoms with Gasteiger partial charge < -0.3 is 10.1 Å². The molecule has 2 N–H and O–H groups in total. The molecule has 0 atom stereocenters. The number of carboxylic acid groups (broad SMARTS) is 1. The highest BCUT2D eigenvalue weighted by atomic mass is 16.4. The Hall–Kier alpha value is -2.95. The highest BCUT2D eigenvalue weighted by Crippen LogP contribution is 2.21. The van der Waals surface area contributed by atoms with Crippen molar-refractivity contribution in [1.82, 2.24) is 9.97 Å². The molecule has 0 saturated heterocycles. The molecule has 5 nitrogen and oxygen atoms in total. The number of carboxylic acids is 1. The lowest BCUT2D eigenvalue weighted by molar-refractivity contribution is 0.0695. The molecule has 0 radical (unpaired) electrons. The number of pyridine rings is 2. The van der Waals surface area contributed by atoms with Crippen LogP contribution in [0.4, 0.5) is 0 Å². The summed E-state index contributed by atoms with van der Waals surface area (Å²) in [5, 5.41) is 9.29. The number of hydrogen-bond acceptors (Lipinski definition) is 3. The highest BCUT2D eigenvalue weighted by molar-refractivity contribution is 5.93. The molecule has 1 aromatic carbocycles. The van der Waals surface area contributed by atoms with Crippen LogP contribution in [0.25, 0.3) is 22.0 Å². The Bertz CT molecular complexity index is 854. The van der Waals surface area contributed by atoms with Gasteiger partial charge in [-0.1, -0.05) is 6.07 Å². The van der Waals surface area contributed by atoms with Crippen LogP contribution >= 0.6 is 0 Å². The third-order valence-electron chi connectivity index (χ3n) is 3.12. The number of fused-ring (bicyclic) bond motifs is 1. The summed E-state index contributed by atoms with van der Waals surface area (Å²) >= 11 is 0. The van der Waals surface area contributed by atoms with Crippen molar-refractivity contribution in [2.45, 2.75) is 0 Å². The van der Waals surface area contributed by atoms with Crippen LogP contribution < -0.4 is 5.43 Å². The van der Waals surface area contributed by atoms with Gasteiger partial charge >= 0.3 is 5.97 Å². The Balaban J connectivity index is 2.22. The smallest absolute Gasteiger partial charge is 0.341 e. The zero-order valence-electron chi connectivity index (χ0n) is 10.3. The third kappa shape index (κ3) is 1.95. The van der Waals surface area contributed by atoms with Crippen LogP contribution in [0, 0.1) is 0 Å². The molecule has 0 fully saturated rings. The minimum Gasteiger partial charge on any atom is -0.477 e. The molecule has 20 heavy (non-hydrogen) atoms. The topological polar surface area (TPSA) is 83.0 Å². The fourth-order valence-corrected chi connectivity index (χ4v) is 2.11. The summed E-state index contributed by atoms with van der Waals surface area (Å²) in [6.07, 6.45) is 4.61. The number of nitrogens with one attached hydrogen (secondary N) is 1. The van der Waals surface area contributed by atoms with Crippen LogP contribution in [0.1, 0.15) is 10.4 Å². The second-order valence-electron chi connectivity index (χ2n) is 4.33. The van der Waals surface area contributed by atoms with E-state index in [1.165, 1.54) is 6.20 Å². The number of aromatic amines is 1. The van der Waals surface area contributed by atoms with Crippen LogP contribution in [0.2, 0.25) is 0 Å². The van der Waals surface area contributed by atoms with Crippen LogP contribution in [-0.2, 0) is 0 Å². The number of nitrogens with zero attached hydrogens (tertiary/aromatic N) is 1. The van der Waals surface area contributed by atoms with Crippen LogP contribution in [0.5, 0.6) is 0 Å². The summed E-state index contributed by atoms with van der Waals surface area (Å²) < 4.78 is 0. The molecule has 2 heterocycles. The molecule has 0 bridgehead atoms. The van der Waals surface area contributed by atoms with E-state index >= 15 is 0 Å². The molecule has 0 spiro atoms. The first-order valence-corrected chi connectivity index (χ1v) is 5.96. The summed E-state index contributed by atoms with van der Waals surface area (Å²) in [4.78, 5) is 29.7. The standard InChI is InChI=1S/C15H10N2O3/c18-14-11-2-1-10(9-3-5-16-6-4-9)7-13(11)17-8-12(14)15(19)20/h1-8H,(H,17,18)(H,19,20). The van der Waals surface area contributed by atoms with Gasteiger partial charge in [-0.15, -0.1) is 0 Å². The normalized spacial score (nSPS) is 10.6. The van der Waals surface area contributed by atoms with E-state index in [9.17, 15) is 9.59 Å². The number of aromatic carboxylic acids is 1. The Morgan fingerprint density at radius 2 is 1.85 bits per heavy atom. The summed E-state index contributed by atoms with van der Waals surface area (Å²) in [5.41, 5.74) is 1.78. The number of H-pyrrole nitrogens is 1. The summed E-state index contributed by atoms with van der Waals surface area (Å²) in [5.74, 6) is -1.23. The Labute approximate surface area is 113 Å². The van der Waals surface area contributed by atoms with Gasteiger partial charge in [-0.05, 0) is 35.4 Å². The summed E-state index contributed by atoms with van der Waals surface area (Å²) in [6.45, 7) is 0. The second-order valence-corrected chi connectivity index (χ2v) is 4.33. The Kier molecular flexibility index (Phi) is 2.80. The number of carbonyl (C=O) groups is 1. The molecule has 0 unspecified atom stereocenters. The minimum atomic E-state index is -1.23. The zero-order valence-corrected chi connectivity index (χ0v) is 10.3. The zero-order chi connectivity index (χ0) is 14.1. The van der Waals surface area contributed by atoms with Crippen molar-refractivity contribution in [3.05, 3.63) is 64.7 Å². The predicted molar refractivity (Wildman–Crippen MR) is 74.8 cm³/mol. The summed E-state index contributed by atoms with van der Waals surface area (Å²) in [6, 6.07) is 8.97. The van der Waals surface area contributed by atoms with Gasteiger partial charge in [0.2, 0.25) is 5.43 Å². The quantitative estimate of drug-likeness (QED) is 0.745. The van der Waals surface area contributed by atoms with Crippen molar-refractivity contribution in [3.8, 4) is 11.1 Å².